The van der Waals surface area contributed by atoms with Gasteiger partial charge in [-0.05, 0) is 69.5 Å². The summed E-state index contributed by atoms with van der Waals surface area (Å²) in [6, 6.07) is 15.4. The van der Waals surface area contributed by atoms with Crippen LogP contribution in [0, 0.1) is 5.92 Å². The average Bonchev–Trinajstić information content (AvgIpc) is 3.58. The Balaban J connectivity index is 1.68. The molecular formula is C35H47N4O10P. The fourth-order valence-corrected chi connectivity index (χ4v) is 6.01. The first-order valence-corrected chi connectivity index (χ1v) is 18.1. The number of ether oxygens (including phenoxy) is 1. The van der Waals surface area contributed by atoms with Gasteiger partial charge in [0.15, 0.2) is 5.76 Å². The number of amides is 4. The number of unbranched alkanes of at least 4 members (excludes halogenated alkanes) is 2. The van der Waals surface area contributed by atoms with Crippen molar-refractivity contribution in [3.63, 3.8) is 0 Å². The maximum absolute atomic E-state index is 13.5. The van der Waals surface area contributed by atoms with E-state index in [1.807, 2.05) is 37.3 Å². The van der Waals surface area contributed by atoms with E-state index < -0.39 is 43.0 Å². The summed E-state index contributed by atoms with van der Waals surface area (Å²) in [6.07, 6.45) is 2.64. The molecule has 0 saturated carbocycles. The minimum atomic E-state index is -4.61. The summed E-state index contributed by atoms with van der Waals surface area (Å²) in [5, 5.41) is 8.62. The number of rotatable bonds is 19. The van der Waals surface area contributed by atoms with Crippen LogP contribution in [0.2, 0.25) is 0 Å². The molecule has 5 N–H and O–H groups in total. The smallest absolute Gasteiger partial charge is 0.432 e. The van der Waals surface area contributed by atoms with Crippen LogP contribution in [-0.2, 0) is 24.5 Å². The van der Waals surface area contributed by atoms with Gasteiger partial charge in [-0.25, -0.2) is 4.79 Å². The molecule has 4 amide bonds. The molecule has 15 heteroatoms. The first-order chi connectivity index (χ1) is 23.7. The van der Waals surface area contributed by atoms with Gasteiger partial charge in [-0.15, -0.1) is 0 Å². The Morgan fingerprint density at radius 2 is 1.72 bits per heavy atom. The van der Waals surface area contributed by atoms with Crippen molar-refractivity contribution >= 4 is 37.2 Å². The van der Waals surface area contributed by atoms with Crippen LogP contribution in [0.4, 0.5) is 4.79 Å². The highest BCUT2D eigenvalue weighted by Crippen LogP contribution is 2.37. The van der Waals surface area contributed by atoms with Crippen LogP contribution >= 0.6 is 7.60 Å². The molecule has 3 aromatic rings. The molecule has 0 bridgehead atoms. The van der Waals surface area contributed by atoms with Crippen LogP contribution in [-0.4, -0.2) is 58.5 Å². The van der Waals surface area contributed by atoms with E-state index in [9.17, 15) is 33.5 Å². The molecule has 3 rings (SSSR count). The summed E-state index contributed by atoms with van der Waals surface area (Å²) in [6.45, 7) is 9.12. The molecule has 0 aliphatic heterocycles. The fraction of sp³-hybridized carbons (Fsp3) is 0.429. The van der Waals surface area contributed by atoms with E-state index in [0.29, 0.717) is 31.2 Å². The van der Waals surface area contributed by atoms with Crippen molar-refractivity contribution in [1.29, 1.82) is 0 Å². The van der Waals surface area contributed by atoms with Crippen molar-refractivity contribution in [2.45, 2.75) is 78.3 Å². The van der Waals surface area contributed by atoms with Gasteiger partial charge in [0.1, 0.15) is 11.5 Å². The number of furan rings is 1. The lowest BCUT2D eigenvalue weighted by Crippen LogP contribution is -2.51. The van der Waals surface area contributed by atoms with E-state index in [-0.39, 0.29) is 35.9 Å². The van der Waals surface area contributed by atoms with E-state index in [4.69, 9.17) is 14.0 Å². The standard InChI is InChI=1S/C35H47N4O10P/c1-6-9-11-16-28(29(7-2)39(23-40)49-34(43)38-35(4,5)25-14-12-10-13-15-25)32(41)36-22-37-33(42)31-18-17-30(48-31)24-19-26(47-8-3)21-27(20-24)50(44,45)46/h10,12-15,17-21,23,28-29H,6-9,11,16,22H2,1-5H3,(H,36,41)(H,37,42)(H,38,43)(H2,44,45,46). The van der Waals surface area contributed by atoms with Gasteiger partial charge < -0.3 is 39.7 Å². The predicted octanol–water partition coefficient (Wildman–Crippen LogP) is 4.96. The van der Waals surface area contributed by atoms with Gasteiger partial charge in [0.05, 0.1) is 36.1 Å². The zero-order valence-electron chi connectivity index (χ0n) is 29.0. The van der Waals surface area contributed by atoms with Crippen LogP contribution in [0.3, 0.4) is 0 Å². The molecule has 1 heterocycles. The van der Waals surface area contributed by atoms with Crippen molar-refractivity contribution in [2.24, 2.45) is 5.92 Å². The van der Waals surface area contributed by atoms with Crippen LogP contribution in [0.25, 0.3) is 11.3 Å². The second-order valence-electron chi connectivity index (χ2n) is 12.1. The highest BCUT2D eigenvalue weighted by Gasteiger charge is 2.34. The minimum absolute atomic E-state index is 0.107. The molecule has 2 atom stereocenters. The van der Waals surface area contributed by atoms with Crippen LogP contribution in [0.1, 0.15) is 82.8 Å². The van der Waals surface area contributed by atoms with Crippen molar-refractivity contribution in [1.82, 2.24) is 21.0 Å². The Bertz CT molecular complexity index is 1640. The number of nitrogens with zero attached hydrogens (tertiary/aromatic N) is 1. The largest absolute Gasteiger partial charge is 0.494 e. The van der Waals surface area contributed by atoms with Gasteiger partial charge in [0, 0.05) is 5.56 Å². The average molecular weight is 715 g/mol. The maximum Gasteiger partial charge on any atom is 0.432 e. The molecule has 50 heavy (non-hydrogen) atoms. The summed E-state index contributed by atoms with van der Waals surface area (Å²) in [5.74, 6) is -1.58. The highest BCUT2D eigenvalue weighted by atomic mass is 31.2. The topological polar surface area (TPSA) is 197 Å². The molecule has 2 unspecified atom stereocenters. The van der Waals surface area contributed by atoms with Crippen LogP contribution in [0.5, 0.6) is 5.75 Å². The molecule has 0 radical (unpaired) electrons. The summed E-state index contributed by atoms with van der Waals surface area (Å²) in [5.41, 5.74) is 0.316. The lowest BCUT2D eigenvalue weighted by Gasteiger charge is -2.33. The van der Waals surface area contributed by atoms with E-state index >= 15 is 0 Å². The molecule has 1 aromatic heterocycles. The molecule has 0 spiro atoms. The van der Waals surface area contributed by atoms with Crippen molar-refractivity contribution < 1.29 is 47.5 Å². The number of nitrogens with one attached hydrogen (secondary N) is 3. The molecule has 0 fully saturated rings. The van der Waals surface area contributed by atoms with Gasteiger partial charge >= 0.3 is 13.7 Å². The Hall–Kier alpha value is -4.65. The molecule has 0 aliphatic carbocycles. The number of carbonyl (C=O) groups is 4. The predicted molar refractivity (Wildman–Crippen MR) is 186 cm³/mol. The Kier molecular flexibility index (Phi) is 14.6. The van der Waals surface area contributed by atoms with Crippen LogP contribution in [0.15, 0.2) is 65.1 Å². The lowest BCUT2D eigenvalue weighted by molar-refractivity contribution is -0.169. The summed E-state index contributed by atoms with van der Waals surface area (Å²) in [7, 11) is -4.61. The fourth-order valence-electron chi connectivity index (χ4n) is 5.41. The first kappa shape index (κ1) is 39.8. The molecule has 272 valence electrons. The Morgan fingerprint density at radius 3 is 2.34 bits per heavy atom. The van der Waals surface area contributed by atoms with Crippen LogP contribution < -0.4 is 26.0 Å². The van der Waals surface area contributed by atoms with Crippen molar-refractivity contribution in [3.05, 3.63) is 72.0 Å². The van der Waals surface area contributed by atoms with Gasteiger partial charge in [0.25, 0.3) is 5.91 Å². The number of hydrogen-bond donors (Lipinski definition) is 5. The van der Waals surface area contributed by atoms with Crippen molar-refractivity contribution in [3.8, 4) is 17.1 Å². The van der Waals surface area contributed by atoms with Crippen molar-refractivity contribution in [2.75, 3.05) is 13.3 Å². The highest BCUT2D eigenvalue weighted by molar-refractivity contribution is 7.60. The summed E-state index contributed by atoms with van der Waals surface area (Å²) < 4.78 is 23.0. The van der Waals surface area contributed by atoms with Gasteiger partial charge in [-0.1, -0.05) is 63.4 Å². The lowest BCUT2D eigenvalue weighted by atomic mass is 9.90. The molecule has 14 nitrogen and oxygen atoms in total. The normalized spacial score (nSPS) is 12.7. The molecule has 0 aliphatic rings. The summed E-state index contributed by atoms with van der Waals surface area (Å²) in [4.78, 5) is 76.3. The van der Waals surface area contributed by atoms with Gasteiger partial charge in [-0.3, -0.25) is 18.9 Å². The molecule has 0 saturated heterocycles. The third-order valence-electron chi connectivity index (χ3n) is 8.03. The maximum atomic E-state index is 13.5. The second-order valence-corrected chi connectivity index (χ2v) is 13.7. The first-order valence-electron chi connectivity index (χ1n) is 16.5. The van der Waals surface area contributed by atoms with E-state index in [0.717, 1.165) is 23.5 Å². The monoisotopic (exact) mass is 714 g/mol. The zero-order chi connectivity index (χ0) is 36.9. The van der Waals surface area contributed by atoms with E-state index in [1.54, 1.807) is 27.7 Å². The SMILES string of the molecule is CCCCCC(C(=O)NCNC(=O)c1ccc(-c2cc(OCC)cc(P(=O)(O)O)c2)o1)C(CC)N(C=O)OC(=O)NC(C)(C)c1ccccc1. The molecule has 2 aromatic carbocycles. The van der Waals surface area contributed by atoms with Gasteiger partial charge in [0.2, 0.25) is 12.3 Å². The second kappa shape index (κ2) is 18.4. The van der Waals surface area contributed by atoms with E-state index in [1.165, 1.54) is 30.3 Å². The van der Waals surface area contributed by atoms with E-state index in [2.05, 4.69) is 16.0 Å². The number of carbonyl (C=O) groups excluding carboxylic acids is 4. The third-order valence-corrected chi connectivity index (χ3v) is 8.96. The number of hydroxylamine groups is 2. The Morgan fingerprint density at radius 1 is 1.00 bits per heavy atom. The molecular weight excluding hydrogens is 667 g/mol. The number of hydrogen-bond acceptors (Lipinski definition) is 8. The summed E-state index contributed by atoms with van der Waals surface area (Å²) >= 11 is 0. The number of benzene rings is 2. The zero-order valence-corrected chi connectivity index (χ0v) is 29.9. The quantitative estimate of drug-likeness (QED) is 0.0372. The minimum Gasteiger partial charge on any atom is -0.494 e. The van der Waals surface area contributed by atoms with Gasteiger partial charge in [-0.2, -0.15) is 5.06 Å². The Labute approximate surface area is 292 Å². The third kappa shape index (κ3) is 11.2.